The molecular weight excluding hydrogens is 182 g/mol. The van der Waals surface area contributed by atoms with Crippen LogP contribution in [-0.2, 0) is 6.42 Å². The van der Waals surface area contributed by atoms with Crippen molar-refractivity contribution in [1.29, 1.82) is 0 Å². The number of fused-ring (bicyclic) bond motifs is 1. The van der Waals surface area contributed by atoms with E-state index in [0.29, 0.717) is 0 Å². The van der Waals surface area contributed by atoms with Gasteiger partial charge in [0, 0.05) is 12.4 Å². The molecule has 1 aromatic heterocycles. The molecule has 0 aliphatic rings. The molecule has 1 aromatic carbocycles. The summed E-state index contributed by atoms with van der Waals surface area (Å²) in [7, 11) is 0. The number of aryl methyl sites for hydroxylation is 1. The van der Waals surface area contributed by atoms with E-state index in [2.05, 4.69) is 42.5 Å². The van der Waals surface area contributed by atoms with Crippen LogP contribution in [0.15, 0.2) is 30.6 Å². The van der Waals surface area contributed by atoms with Gasteiger partial charge in [0.25, 0.3) is 0 Å². The number of rotatable bonds is 5. The summed E-state index contributed by atoms with van der Waals surface area (Å²) in [6.45, 7) is 2.26. The summed E-state index contributed by atoms with van der Waals surface area (Å²) >= 11 is 0. The molecule has 0 spiro atoms. The van der Waals surface area contributed by atoms with Gasteiger partial charge in [-0.3, -0.25) is 0 Å². The third-order valence-corrected chi connectivity index (χ3v) is 2.95. The zero-order chi connectivity index (χ0) is 10.5. The maximum Gasteiger partial charge on any atom is 0.00844 e. The van der Waals surface area contributed by atoms with Crippen LogP contribution in [0.4, 0.5) is 0 Å². The van der Waals surface area contributed by atoms with Gasteiger partial charge in [-0.1, -0.05) is 38.3 Å². The van der Waals surface area contributed by atoms with Crippen LogP contribution >= 0.6 is 0 Å². The van der Waals surface area contributed by atoms with Crippen LogP contribution in [0.5, 0.6) is 0 Å². The SMILES string of the molecule is CCCCCCc1ccc2c[nH]cc2c1. The van der Waals surface area contributed by atoms with E-state index in [1.807, 2.05) is 0 Å². The third-order valence-electron chi connectivity index (χ3n) is 2.95. The van der Waals surface area contributed by atoms with Gasteiger partial charge in [0.2, 0.25) is 0 Å². The van der Waals surface area contributed by atoms with Gasteiger partial charge >= 0.3 is 0 Å². The van der Waals surface area contributed by atoms with Crippen LogP contribution < -0.4 is 0 Å². The molecule has 0 saturated carbocycles. The average Bonchev–Trinajstić information content (AvgIpc) is 2.71. The minimum absolute atomic E-state index is 1.22. The highest BCUT2D eigenvalue weighted by molar-refractivity contribution is 5.82. The van der Waals surface area contributed by atoms with Crippen molar-refractivity contribution < 1.29 is 0 Å². The molecule has 80 valence electrons. The maximum absolute atomic E-state index is 3.14. The van der Waals surface area contributed by atoms with Crippen molar-refractivity contribution in [3.8, 4) is 0 Å². The maximum atomic E-state index is 3.14. The van der Waals surface area contributed by atoms with E-state index in [4.69, 9.17) is 0 Å². The average molecular weight is 201 g/mol. The first-order chi connectivity index (χ1) is 7.40. The molecule has 0 saturated heterocycles. The summed E-state index contributed by atoms with van der Waals surface area (Å²) in [6.07, 6.45) is 10.7. The molecule has 0 aliphatic carbocycles. The summed E-state index contributed by atoms with van der Waals surface area (Å²) in [5.74, 6) is 0. The number of aromatic amines is 1. The zero-order valence-corrected chi connectivity index (χ0v) is 9.42. The number of benzene rings is 1. The highest BCUT2D eigenvalue weighted by Crippen LogP contribution is 2.16. The van der Waals surface area contributed by atoms with Crippen LogP contribution in [0.3, 0.4) is 0 Å². The second-order valence-corrected chi connectivity index (χ2v) is 4.23. The molecule has 2 rings (SSSR count). The lowest BCUT2D eigenvalue weighted by molar-refractivity contribution is 0.667. The van der Waals surface area contributed by atoms with Crippen LogP contribution in [0.25, 0.3) is 10.8 Å². The molecule has 0 unspecified atom stereocenters. The molecule has 0 bridgehead atoms. The van der Waals surface area contributed by atoms with Gasteiger partial charge in [0.05, 0.1) is 0 Å². The number of H-pyrrole nitrogens is 1. The third kappa shape index (κ3) is 2.62. The summed E-state index contributed by atoms with van der Waals surface area (Å²) in [5.41, 5.74) is 1.47. The zero-order valence-electron chi connectivity index (χ0n) is 9.42. The van der Waals surface area contributed by atoms with E-state index < -0.39 is 0 Å². The molecule has 1 nitrogen and oxygen atoms in total. The Kier molecular flexibility index (Phi) is 3.44. The topological polar surface area (TPSA) is 15.8 Å². The van der Waals surface area contributed by atoms with E-state index in [1.54, 1.807) is 0 Å². The molecule has 0 aliphatic heterocycles. The molecule has 2 aromatic rings. The van der Waals surface area contributed by atoms with E-state index >= 15 is 0 Å². The van der Waals surface area contributed by atoms with Gasteiger partial charge in [-0.15, -0.1) is 0 Å². The van der Waals surface area contributed by atoms with Crippen molar-refractivity contribution in [3.05, 3.63) is 36.2 Å². The van der Waals surface area contributed by atoms with Gasteiger partial charge in [-0.25, -0.2) is 0 Å². The Bertz CT molecular complexity index is 414. The minimum Gasteiger partial charge on any atom is -0.366 e. The molecular formula is C14H19N. The molecule has 1 heterocycles. The molecule has 0 fully saturated rings. The molecule has 0 radical (unpaired) electrons. The van der Waals surface area contributed by atoms with Gasteiger partial charge < -0.3 is 4.98 Å². The summed E-state index contributed by atoms with van der Waals surface area (Å²) in [6, 6.07) is 6.76. The number of unbranched alkanes of at least 4 members (excludes halogenated alkanes) is 3. The Morgan fingerprint density at radius 3 is 2.73 bits per heavy atom. The lowest BCUT2D eigenvalue weighted by Gasteiger charge is -2.01. The Morgan fingerprint density at radius 2 is 1.87 bits per heavy atom. The predicted octanol–water partition coefficient (Wildman–Crippen LogP) is 4.29. The Labute approximate surface area is 91.5 Å². The van der Waals surface area contributed by atoms with Crippen LogP contribution in [0.1, 0.15) is 38.2 Å². The van der Waals surface area contributed by atoms with E-state index in [9.17, 15) is 0 Å². The predicted molar refractivity (Wildman–Crippen MR) is 66.1 cm³/mol. The number of aromatic nitrogens is 1. The van der Waals surface area contributed by atoms with Gasteiger partial charge in [0.1, 0.15) is 0 Å². The number of hydrogen-bond acceptors (Lipinski definition) is 0. The summed E-state index contributed by atoms with van der Waals surface area (Å²) in [4.78, 5) is 3.14. The summed E-state index contributed by atoms with van der Waals surface area (Å²) in [5, 5.41) is 2.65. The van der Waals surface area contributed by atoms with Crippen LogP contribution in [0, 0.1) is 0 Å². The number of nitrogens with one attached hydrogen (secondary N) is 1. The standard InChI is InChI=1S/C14H19N/c1-2-3-4-5-6-12-7-8-13-10-15-11-14(13)9-12/h7-11,15H,2-6H2,1H3. The van der Waals surface area contributed by atoms with E-state index in [1.165, 1.54) is 48.4 Å². The molecule has 0 amide bonds. The fraction of sp³-hybridized carbons (Fsp3) is 0.429. The van der Waals surface area contributed by atoms with Gasteiger partial charge in [-0.2, -0.15) is 0 Å². The Morgan fingerprint density at radius 1 is 1.00 bits per heavy atom. The fourth-order valence-corrected chi connectivity index (χ4v) is 2.01. The van der Waals surface area contributed by atoms with Gasteiger partial charge in [-0.05, 0) is 35.2 Å². The summed E-state index contributed by atoms with van der Waals surface area (Å²) < 4.78 is 0. The van der Waals surface area contributed by atoms with Crippen LogP contribution in [-0.4, -0.2) is 4.98 Å². The van der Waals surface area contributed by atoms with Crippen molar-refractivity contribution in [3.63, 3.8) is 0 Å². The molecule has 1 heteroatoms. The smallest absolute Gasteiger partial charge is 0.00844 e. The van der Waals surface area contributed by atoms with Crippen molar-refractivity contribution >= 4 is 10.8 Å². The second-order valence-electron chi connectivity index (χ2n) is 4.23. The lowest BCUT2D eigenvalue weighted by Crippen LogP contribution is -1.85. The Hall–Kier alpha value is -1.24. The normalized spacial score (nSPS) is 11.0. The van der Waals surface area contributed by atoms with E-state index in [0.717, 1.165) is 0 Å². The molecule has 15 heavy (non-hydrogen) atoms. The lowest BCUT2D eigenvalue weighted by atomic mass is 10.0. The second kappa shape index (κ2) is 5.01. The largest absolute Gasteiger partial charge is 0.366 e. The van der Waals surface area contributed by atoms with Gasteiger partial charge in [0.15, 0.2) is 0 Å². The molecule has 0 atom stereocenters. The first-order valence-electron chi connectivity index (χ1n) is 5.95. The van der Waals surface area contributed by atoms with Crippen molar-refractivity contribution in [2.24, 2.45) is 0 Å². The van der Waals surface area contributed by atoms with Crippen molar-refractivity contribution in [2.75, 3.05) is 0 Å². The van der Waals surface area contributed by atoms with Crippen LogP contribution in [0.2, 0.25) is 0 Å². The Balaban J connectivity index is 1.96. The number of hydrogen-bond donors (Lipinski definition) is 1. The molecule has 1 N–H and O–H groups in total. The first kappa shape index (κ1) is 10.3. The first-order valence-corrected chi connectivity index (χ1v) is 5.95. The van der Waals surface area contributed by atoms with E-state index in [-0.39, 0.29) is 0 Å². The quantitative estimate of drug-likeness (QED) is 0.694. The highest BCUT2D eigenvalue weighted by Gasteiger charge is 1.97. The van der Waals surface area contributed by atoms with Crippen molar-refractivity contribution in [2.45, 2.75) is 39.0 Å². The monoisotopic (exact) mass is 201 g/mol. The highest BCUT2D eigenvalue weighted by atomic mass is 14.6. The fourth-order valence-electron chi connectivity index (χ4n) is 2.01. The minimum atomic E-state index is 1.22. The van der Waals surface area contributed by atoms with Crippen molar-refractivity contribution in [1.82, 2.24) is 4.98 Å².